The molecule has 0 saturated carbocycles. The number of rotatable bonds is 6. The van der Waals surface area contributed by atoms with Crippen LogP contribution in [0.3, 0.4) is 0 Å². The molecule has 9 heteroatoms. The average Bonchev–Trinajstić information content (AvgIpc) is 3.18. The van der Waals surface area contributed by atoms with Gasteiger partial charge in [0, 0.05) is 21.8 Å². The minimum Gasteiger partial charge on any atom is -0.481 e. The second-order valence-corrected chi connectivity index (χ2v) is 8.10. The quantitative estimate of drug-likeness (QED) is 0.365. The summed E-state index contributed by atoms with van der Waals surface area (Å²) in [6.07, 6.45) is -0.446. The monoisotopic (exact) mass is 490 g/mol. The van der Waals surface area contributed by atoms with Gasteiger partial charge in [0.15, 0.2) is 5.69 Å². The summed E-state index contributed by atoms with van der Waals surface area (Å²) < 4.78 is 1.47. The predicted octanol–water partition coefficient (Wildman–Crippen LogP) is 5.60. The van der Waals surface area contributed by atoms with Gasteiger partial charge in [-0.1, -0.05) is 47.5 Å². The van der Waals surface area contributed by atoms with Gasteiger partial charge in [0.2, 0.25) is 0 Å². The largest absolute Gasteiger partial charge is 0.481 e. The highest BCUT2D eigenvalue weighted by Gasteiger charge is 2.27. The normalized spacial score (nSPS) is 10.5. The number of aromatic nitrogens is 2. The first-order valence-corrected chi connectivity index (χ1v) is 10.8. The van der Waals surface area contributed by atoms with Crippen molar-refractivity contribution in [1.29, 1.82) is 5.26 Å². The van der Waals surface area contributed by atoms with E-state index in [4.69, 9.17) is 28.5 Å². The van der Waals surface area contributed by atoms with Crippen LogP contribution in [-0.2, 0) is 11.2 Å². The molecule has 1 heterocycles. The molecule has 0 atom stereocenters. The van der Waals surface area contributed by atoms with Crippen LogP contribution in [0.5, 0.6) is 0 Å². The maximum atomic E-state index is 13.2. The summed E-state index contributed by atoms with van der Waals surface area (Å²) in [6, 6.07) is 22.0. The van der Waals surface area contributed by atoms with Crippen molar-refractivity contribution < 1.29 is 14.7 Å². The van der Waals surface area contributed by atoms with Gasteiger partial charge in [-0.25, -0.2) is 4.68 Å². The molecule has 0 aliphatic carbocycles. The average molecular weight is 491 g/mol. The van der Waals surface area contributed by atoms with Crippen LogP contribution in [-0.4, -0.2) is 26.8 Å². The maximum absolute atomic E-state index is 13.2. The van der Waals surface area contributed by atoms with Gasteiger partial charge >= 0.3 is 5.97 Å². The van der Waals surface area contributed by atoms with Crippen molar-refractivity contribution in [2.75, 3.05) is 5.32 Å². The first-order chi connectivity index (χ1) is 16.4. The third kappa shape index (κ3) is 4.79. The molecule has 0 fully saturated rings. The maximum Gasteiger partial charge on any atom is 0.307 e. The molecule has 0 spiro atoms. The number of benzene rings is 3. The van der Waals surface area contributed by atoms with E-state index in [9.17, 15) is 14.7 Å². The molecule has 0 radical (unpaired) electrons. The molecule has 4 aromatic rings. The summed E-state index contributed by atoms with van der Waals surface area (Å²) in [5.74, 6) is -1.72. The predicted molar refractivity (Wildman–Crippen MR) is 129 cm³/mol. The Morgan fingerprint density at radius 1 is 1.00 bits per heavy atom. The van der Waals surface area contributed by atoms with Crippen molar-refractivity contribution in [2.24, 2.45) is 0 Å². The summed E-state index contributed by atoms with van der Waals surface area (Å²) in [5.41, 5.74) is 2.56. The van der Waals surface area contributed by atoms with Gasteiger partial charge in [-0.05, 0) is 48.5 Å². The second-order valence-electron chi connectivity index (χ2n) is 7.26. The van der Waals surface area contributed by atoms with Crippen molar-refractivity contribution >= 4 is 40.8 Å². The zero-order valence-corrected chi connectivity index (χ0v) is 19.0. The van der Waals surface area contributed by atoms with E-state index in [1.165, 1.54) is 4.68 Å². The number of anilines is 1. The van der Waals surface area contributed by atoms with Crippen molar-refractivity contribution in [2.45, 2.75) is 6.42 Å². The number of nitrogens with zero attached hydrogens (tertiary/aromatic N) is 3. The second kappa shape index (κ2) is 9.79. The van der Waals surface area contributed by atoms with Crippen molar-refractivity contribution in [3.8, 4) is 23.0 Å². The van der Waals surface area contributed by atoms with Crippen LogP contribution in [0.2, 0.25) is 10.0 Å². The van der Waals surface area contributed by atoms with Gasteiger partial charge in [0.1, 0.15) is 0 Å². The molecule has 0 unspecified atom stereocenters. The number of hydrogen-bond donors (Lipinski definition) is 2. The smallest absolute Gasteiger partial charge is 0.307 e. The number of amides is 1. The Balaban J connectivity index is 1.90. The van der Waals surface area contributed by atoms with E-state index in [2.05, 4.69) is 10.4 Å². The lowest BCUT2D eigenvalue weighted by atomic mass is 10.0. The molecule has 2 N–H and O–H groups in total. The molecular formula is C25H16Cl2N4O3. The molecule has 168 valence electrons. The standard InChI is InChI=1S/C25H16Cl2N4O3/c26-17-9-7-16(8-10-17)24-19(13-22(32)33)23(30-31(24)21-4-2-1-3-20(21)27)25(34)29-18-11-5-15(14-28)6-12-18/h1-12H,13H2,(H,29,34)(H,32,33). The highest BCUT2D eigenvalue weighted by molar-refractivity contribution is 6.32. The summed E-state index contributed by atoms with van der Waals surface area (Å²) in [7, 11) is 0. The van der Waals surface area contributed by atoms with Crippen LogP contribution in [0.25, 0.3) is 16.9 Å². The minimum atomic E-state index is -1.12. The van der Waals surface area contributed by atoms with Crippen molar-refractivity contribution in [1.82, 2.24) is 9.78 Å². The van der Waals surface area contributed by atoms with E-state index < -0.39 is 18.3 Å². The Labute approximate surface area is 204 Å². The molecular weight excluding hydrogens is 475 g/mol. The molecule has 0 bridgehead atoms. The van der Waals surface area contributed by atoms with Gasteiger partial charge in [-0.15, -0.1) is 0 Å². The Morgan fingerprint density at radius 3 is 2.29 bits per heavy atom. The molecule has 0 saturated heterocycles. The molecule has 4 rings (SSSR count). The van der Waals surface area contributed by atoms with Gasteiger partial charge in [0.05, 0.1) is 34.5 Å². The lowest BCUT2D eigenvalue weighted by Crippen LogP contribution is -2.16. The summed E-state index contributed by atoms with van der Waals surface area (Å²) in [4.78, 5) is 25.0. The van der Waals surface area contributed by atoms with Crippen LogP contribution in [0.1, 0.15) is 21.6 Å². The van der Waals surface area contributed by atoms with Crippen molar-refractivity contribution in [3.05, 3.63) is 99.7 Å². The lowest BCUT2D eigenvalue weighted by molar-refractivity contribution is -0.136. The zero-order chi connectivity index (χ0) is 24.2. The fourth-order valence-corrected chi connectivity index (χ4v) is 3.81. The van der Waals surface area contributed by atoms with Crippen molar-refractivity contribution in [3.63, 3.8) is 0 Å². The minimum absolute atomic E-state index is 0.0587. The summed E-state index contributed by atoms with van der Waals surface area (Å²) in [6.45, 7) is 0. The van der Waals surface area contributed by atoms with Gasteiger partial charge in [-0.3, -0.25) is 9.59 Å². The Kier molecular flexibility index (Phi) is 6.64. The number of nitriles is 1. The SMILES string of the molecule is N#Cc1ccc(NC(=O)c2nn(-c3ccccc3Cl)c(-c3ccc(Cl)cc3)c2CC(=O)O)cc1. The third-order valence-electron chi connectivity index (χ3n) is 5.00. The van der Waals surface area contributed by atoms with E-state index in [1.54, 1.807) is 72.8 Å². The van der Waals surface area contributed by atoms with E-state index >= 15 is 0 Å². The first-order valence-electron chi connectivity index (χ1n) is 10.0. The molecule has 34 heavy (non-hydrogen) atoms. The van der Waals surface area contributed by atoms with E-state index in [-0.39, 0.29) is 11.3 Å². The van der Waals surface area contributed by atoms with Crippen LogP contribution >= 0.6 is 23.2 Å². The number of para-hydroxylation sites is 1. The summed E-state index contributed by atoms with van der Waals surface area (Å²) in [5, 5.41) is 26.7. The van der Waals surface area contributed by atoms with Gasteiger partial charge in [-0.2, -0.15) is 10.4 Å². The topological polar surface area (TPSA) is 108 Å². The summed E-state index contributed by atoms with van der Waals surface area (Å²) >= 11 is 12.5. The number of carboxylic acid groups (broad SMARTS) is 1. The Hall–Kier alpha value is -4.12. The number of halogens is 2. The third-order valence-corrected chi connectivity index (χ3v) is 5.57. The van der Waals surface area contributed by atoms with E-state index in [0.29, 0.717) is 38.2 Å². The highest BCUT2D eigenvalue weighted by Crippen LogP contribution is 2.33. The fourth-order valence-electron chi connectivity index (χ4n) is 3.47. The number of carbonyl (C=O) groups excluding carboxylic acids is 1. The van der Waals surface area contributed by atoms with E-state index in [0.717, 1.165) is 0 Å². The van der Waals surface area contributed by atoms with E-state index in [1.807, 2.05) is 6.07 Å². The fraction of sp³-hybridized carbons (Fsp3) is 0.0400. The Morgan fingerprint density at radius 2 is 1.68 bits per heavy atom. The Bertz CT molecular complexity index is 1420. The van der Waals surface area contributed by atoms with Crippen LogP contribution in [0.4, 0.5) is 5.69 Å². The number of aliphatic carboxylic acids is 1. The zero-order valence-electron chi connectivity index (χ0n) is 17.5. The first kappa shape index (κ1) is 23.1. The van der Waals surface area contributed by atoms with Crippen LogP contribution in [0.15, 0.2) is 72.8 Å². The number of hydrogen-bond acceptors (Lipinski definition) is 4. The molecule has 7 nitrogen and oxygen atoms in total. The number of carboxylic acids is 1. The van der Waals surface area contributed by atoms with Crippen LogP contribution < -0.4 is 5.32 Å². The lowest BCUT2D eigenvalue weighted by Gasteiger charge is -2.11. The molecule has 0 aliphatic rings. The molecule has 3 aromatic carbocycles. The number of nitrogens with one attached hydrogen (secondary N) is 1. The molecule has 1 aromatic heterocycles. The molecule has 0 aliphatic heterocycles. The van der Waals surface area contributed by atoms with Gasteiger partial charge < -0.3 is 10.4 Å². The number of carbonyl (C=O) groups is 2. The highest BCUT2D eigenvalue weighted by atomic mass is 35.5. The van der Waals surface area contributed by atoms with Crippen LogP contribution in [0, 0.1) is 11.3 Å². The van der Waals surface area contributed by atoms with Gasteiger partial charge in [0.25, 0.3) is 5.91 Å². The molecule has 1 amide bonds.